The second-order valence-electron chi connectivity index (χ2n) is 9.01. The van der Waals surface area contributed by atoms with Gasteiger partial charge in [0.2, 0.25) is 11.8 Å². The summed E-state index contributed by atoms with van der Waals surface area (Å²) in [5.41, 5.74) is 4.44. The second-order valence-corrected chi connectivity index (χ2v) is 9.01. The van der Waals surface area contributed by atoms with Gasteiger partial charge in [0.25, 0.3) is 0 Å². The van der Waals surface area contributed by atoms with Gasteiger partial charge in [0, 0.05) is 42.1 Å². The summed E-state index contributed by atoms with van der Waals surface area (Å²) in [7, 11) is 0. The zero-order chi connectivity index (χ0) is 22.2. The van der Waals surface area contributed by atoms with E-state index in [1.165, 1.54) is 0 Å². The molecular weight excluding hydrogens is 390 g/mol. The standard InChI is InChI=1S/C24H31N5O2/c1-16-12-19-8-5-6-9-21(19)29(16)14-22(30)28-11-7-10-24(4,15-28)23(31)25-13-20-17(2)26-27-18(20)3/h5-6,8-9,12H,7,10-11,13-15H2,1-4H3,(H,25,31)(H,26,27)/t24-/m0/s1. The highest BCUT2D eigenvalue weighted by Crippen LogP contribution is 2.30. The lowest BCUT2D eigenvalue weighted by molar-refractivity contribution is -0.141. The van der Waals surface area contributed by atoms with Gasteiger partial charge in [-0.2, -0.15) is 5.10 Å². The third-order valence-electron chi connectivity index (χ3n) is 6.61. The number of aromatic nitrogens is 3. The zero-order valence-electron chi connectivity index (χ0n) is 18.8. The molecule has 1 aliphatic rings. The molecule has 0 radical (unpaired) electrons. The molecule has 0 aliphatic carbocycles. The van der Waals surface area contributed by atoms with Gasteiger partial charge >= 0.3 is 0 Å². The van der Waals surface area contributed by atoms with Crippen molar-refractivity contribution in [1.82, 2.24) is 25.0 Å². The van der Waals surface area contributed by atoms with Gasteiger partial charge in [-0.15, -0.1) is 0 Å². The monoisotopic (exact) mass is 421 g/mol. The molecule has 0 saturated carbocycles. The Labute approximate surface area is 182 Å². The van der Waals surface area contributed by atoms with Crippen molar-refractivity contribution in [3.8, 4) is 0 Å². The van der Waals surface area contributed by atoms with Gasteiger partial charge in [0.15, 0.2) is 0 Å². The summed E-state index contributed by atoms with van der Waals surface area (Å²) < 4.78 is 2.06. The number of hydrogen-bond donors (Lipinski definition) is 2. The maximum Gasteiger partial charge on any atom is 0.242 e. The van der Waals surface area contributed by atoms with Crippen LogP contribution in [-0.4, -0.2) is 44.6 Å². The lowest BCUT2D eigenvalue weighted by Gasteiger charge is -2.39. The third-order valence-corrected chi connectivity index (χ3v) is 6.61. The SMILES string of the molecule is Cc1n[nH]c(C)c1CNC(=O)[C@@]1(C)CCCN(C(=O)Cn2c(C)cc3ccccc32)C1. The van der Waals surface area contributed by atoms with Crippen molar-refractivity contribution < 1.29 is 9.59 Å². The molecule has 1 aromatic carbocycles. The number of hydrogen-bond acceptors (Lipinski definition) is 3. The molecule has 3 heterocycles. The van der Waals surface area contributed by atoms with Gasteiger partial charge in [-0.05, 0) is 58.1 Å². The minimum absolute atomic E-state index is 0.00686. The number of carbonyl (C=O) groups excluding carboxylic acids is 2. The highest BCUT2D eigenvalue weighted by atomic mass is 16.2. The topological polar surface area (TPSA) is 83.0 Å². The van der Waals surface area contributed by atoms with E-state index >= 15 is 0 Å². The number of piperidine rings is 1. The molecule has 0 unspecified atom stereocenters. The van der Waals surface area contributed by atoms with Crippen LogP contribution < -0.4 is 5.32 Å². The number of amides is 2. The number of carbonyl (C=O) groups is 2. The summed E-state index contributed by atoms with van der Waals surface area (Å²) in [6.07, 6.45) is 1.60. The number of benzene rings is 1. The van der Waals surface area contributed by atoms with Gasteiger partial charge in [0.1, 0.15) is 6.54 Å². The van der Waals surface area contributed by atoms with E-state index < -0.39 is 5.41 Å². The molecule has 0 bridgehead atoms. The van der Waals surface area contributed by atoms with E-state index in [1.54, 1.807) is 0 Å². The van der Waals surface area contributed by atoms with Crippen molar-refractivity contribution in [2.45, 2.75) is 53.6 Å². The number of nitrogens with zero attached hydrogens (tertiary/aromatic N) is 3. The average molecular weight is 422 g/mol. The van der Waals surface area contributed by atoms with E-state index in [-0.39, 0.29) is 11.8 Å². The first-order valence-corrected chi connectivity index (χ1v) is 10.9. The first kappa shape index (κ1) is 21.2. The van der Waals surface area contributed by atoms with Gasteiger partial charge < -0.3 is 14.8 Å². The zero-order valence-corrected chi connectivity index (χ0v) is 18.8. The molecule has 164 valence electrons. The minimum Gasteiger partial charge on any atom is -0.351 e. The molecule has 2 amide bonds. The first-order valence-electron chi connectivity index (χ1n) is 10.9. The van der Waals surface area contributed by atoms with E-state index in [1.807, 2.05) is 50.8 Å². The summed E-state index contributed by atoms with van der Waals surface area (Å²) in [6, 6.07) is 10.2. The summed E-state index contributed by atoms with van der Waals surface area (Å²) in [6.45, 7) is 9.76. The Morgan fingerprint density at radius 1 is 1.23 bits per heavy atom. The van der Waals surface area contributed by atoms with Crippen LogP contribution in [0.1, 0.15) is 42.4 Å². The fourth-order valence-corrected chi connectivity index (χ4v) is 4.65. The molecule has 7 heteroatoms. The lowest BCUT2D eigenvalue weighted by atomic mass is 9.81. The number of nitrogens with one attached hydrogen (secondary N) is 2. The maximum absolute atomic E-state index is 13.2. The predicted octanol–water partition coefficient (Wildman–Crippen LogP) is 3.23. The van der Waals surface area contributed by atoms with Crippen molar-refractivity contribution in [3.63, 3.8) is 0 Å². The van der Waals surface area contributed by atoms with Crippen LogP contribution in [0.5, 0.6) is 0 Å². The largest absolute Gasteiger partial charge is 0.351 e. The van der Waals surface area contributed by atoms with Gasteiger partial charge in [-0.1, -0.05) is 18.2 Å². The second kappa shape index (κ2) is 8.21. The van der Waals surface area contributed by atoms with Crippen LogP contribution in [0, 0.1) is 26.2 Å². The van der Waals surface area contributed by atoms with Crippen molar-refractivity contribution in [1.29, 1.82) is 0 Å². The normalized spacial score (nSPS) is 19.0. The van der Waals surface area contributed by atoms with E-state index in [4.69, 9.17) is 0 Å². The molecule has 1 saturated heterocycles. The molecule has 1 aliphatic heterocycles. The lowest BCUT2D eigenvalue weighted by Crippen LogP contribution is -2.52. The van der Waals surface area contributed by atoms with E-state index in [0.717, 1.165) is 46.4 Å². The van der Waals surface area contributed by atoms with E-state index in [9.17, 15) is 9.59 Å². The summed E-state index contributed by atoms with van der Waals surface area (Å²) >= 11 is 0. The Hall–Kier alpha value is -3.09. The van der Waals surface area contributed by atoms with Crippen LogP contribution in [0.4, 0.5) is 0 Å². The number of aryl methyl sites for hydroxylation is 3. The molecule has 1 atom stereocenters. The highest BCUT2D eigenvalue weighted by Gasteiger charge is 2.39. The van der Waals surface area contributed by atoms with Crippen LogP contribution in [-0.2, 0) is 22.7 Å². The van der Waals surface area contributed by atoms with E-state index in [2.05, 4.69) is 32.2 Å². The van der Waals surface area contributed by atoms with E-state index in [0.29, 0.717) is 26.2 Å². The van der Waals surface area contributed by atoms with Crippen molar-refractivity contribution in [3.05, 3.63) is 53.0 Å². The Bertz CT molecular complexity index is 1110. The predicted molar refractivity (Wildman–Crippen MR) is 121 cm³/mol. The van der Waals surface area contributed by atoms with Crippen molar-refractivity contribution in [2.24, 2.45) is 5.41 Å². The van der Waals surface area contributed by atoms with Crippen LogP contribution in [0.25, 0.3) is 10.9 Å². The number of fused-ring (bicyclic) bond motifs is 1. The smallest absolute Gasteiger partial charge is 0.242 e. The fraction of sp³-hybridized carbons (Fsp3) is 0.458. The third kappa shape index (κ3) is 4.09. The molecule has 3 aromatic rings. The maximum atomic E-state index is 13.2. The summed E-state index contributed by atoms with van der Waals surface area (Å²) in [5, 5.41) is 11.4. The van der Waals surface area contributed by atoms with Crippen molar-refractivity contribution >= 4 is 22.7 Å². The molecule has 7 nitrogen and oxygen atoms in total. The number of rotatable bonds is 5. The number of aromatic amines is 1. The molecule has 0 spiro atoms. The number of para-hydroxylation sites is 1. The molecule has 2 aromatic heterocycles. The quantitative estimate of drug-likeness (QED) is 0.663. The van der Waals surface area contributed by atoms with Crippen LogP contribution in [0.2, 0.25) is 0 Å². The number of H-pyrrole nitrogens is 1. The molecular formula is C24H31N5O2. The van der Waals surface area contributed by atoms with Gasteiger partial charge in [-0.3, -0.25) is 14.7 Å². The Balaban J connectivity index is 1.43. The molecule has 4 rings (SSSR count). The Kier molecular flexibility index (Phi) is 5.60. The molecule has 1 fully saturated rings. The summed E-state index contributed by atoms with van der Waals surface area (Å²) in [5.74, 6) is 0.0531. The average Bonchev–Trinajstić information content (AvgIpc) is 3.24. The number of likely N-dealkylation sites (tertiary alicyclic amines) is 1. The minimum atomic E-state index is -0.590. The van der Waals surface area contributed by atoms with Crippen molar-refractivity contribution in [2.75, 3.05) is 13.1 Å². The fourth-order valence-electron chi connectivity index (χ4n) is 4.65. The Morgan fingerprint density at radius 2 is 2.00 bits per heavy atom. The molecule has 31 heavy (non-hydrogen) atoms. The van der Waals surface area contributed by atoms with Gasteiger partial charge in [0.05, 0.1) is 11.1 Å². The first-order chi connectivity index (χ1) is 14.8. The van der Waals surface area contributed by atoms with Crippen LogP contribution >= 0.6 is 0 Å². The molecule has 2 N–H and O–H groups in total. The van der Waals surface area contributed by atoms with Crippen LogP contribution in [0.15, 0.2) is 30.3 Å². The van der Waals surface area contributed by atoms with Gasteiger partial charge in [-0.25, -0.2) is 0 Å². The summed E-state index contributed by atoms with van der Waals surface area (Å²) in [4.78, 5) is 28.1. The highest BCUT2D eigenvalue weighted by molar-refractivity contribution is 5.86. The van der Waals surface area contributed by atoms with Crippen LogP contribution in [0.3, 0.4) is 0 Å². The Morgan fingerprint density at radius 3 is 2.74 bits per heavy atom.